The van der Waals surface area contributed by atoms with Crippen molar-refractivity contribution in [2.45, 2.75) is 38.2 Å². The largest absolute Gasteiger partial charge is 0.378 e. The van der Waals surface area contributed by atoms with E-state index in [4.69, 9.17) is 10.5 Å². The van der Waals surface area contributed by atoms with E-state index in [2.05, 4.69) is 4.90 Å². The maximum atomic E-state index is 13.9. The number of hydrogen-bond acceptors (Lipinski definition) is 3. The molecule has 1 aliphatic heterocycles. The lowest BCUT2D eigenvalue weighted by Crippen LogP contribution is -2.28. The van der Waals surface area contributed by atoms with Gasteiger partial charge in [-0.3, -0.25) is 0 Å². The van der Waals surface area contributed by atoms with Crippen molar-refractivity contribution in [2.75, 3.05) is 31.1 Å². The minimum Gasteiger partial charge on any atom is -0.378 e. The molecule has 0 spiro atoms. The summed E-state index contributed by atoms with van der Waals surface area (Å²) >= 11 is 0. The fraction of sp³-hybridized carbons (Fsp3) is 0.625. The Morgan fingerprint density at radius 1 is 1.25 bits per heavy atom. The molecule has 0 aromatic heterocycles. The first kappa shape index (κ1) is 15.3. The van der Waals surface area contributed by atoms with Crippen molar-refractivity contribution in [1.29, 1.82) is 0 Å². The molecule has 1 heterocycles. The average Bonchev–Trinajstić information content (AvgIpc) is 2.97. The molecule has 2 rings (SSSR count). The van der Waals surface area contributed by atoms with Gasteiger partial charge < -0.3 is 15.4 Å². The Morgan fingerprint density at radius 2 is 2.05 bits per heavy atom. The Bertz CT molecular complexity index is 394. The number of halogens is 1. The number of ether oxygens (including phenoxy) is 1. The summed E-state index contributed by atoms with van der Waals surface area (Å²) in [5.41, 5.74) is 6.27. The lowest BCUT2D eigenvalue weighted by molar-refractivity contribution is 0.103. The molecule has 3 nitrogen and oxygen atoms in total. The highest BCUT2D eigenvalue weighted by molar-refractivity contribution is 5.47. The van der Waals surface area contributed by atoms with Crippen LogP contribution >= 0.6 is 0 Å². The van der Waals surface area contributed by atoms with Gasteiger partial charge in [0.05, 0.1) is 11.8 Å². The highest BCUT2D eigenvalue weighted by Gasteiger charge is 2.16. The predicted molar refractivity (Wildman–Crippen MR) is 80.5 cm³/mol. The van der Waals surface area contributed by atoms with Gasteiger partial charge in [-0.1, -0.05) is 12.1 Å². The second-order valence-corrected chi connectivity index (χ2v) is 5.36. The SMILES string of the molecule is NCCCN(CCCC1CCCO1)c1ccccc1F. The first-order valence-corrected chi connectivity index (χ1v) is 7.62. The standard InChI is InChI=1S/C16H25FN2O/c17-15-8-1-2-9-16(15)19(12-5-10-18)11-3-6-14-7-4-13-20-14/h1-2,8-9,14H,3-7,10-13,18H2. The molecule has 2 N–H and O–H groups in total. The molecule has 1 unspecified atom stereocenters. The van der Waals surface area contributed by atoms with Crippen molar-refractivity contribution in [2.24, 2.45) is 5.73 Å². The fourth-order valence-corrected chi connectivity index (χ4v) is 2.72. The molecule has 4 heteroatoms. The Hall–Kier alpha value is -1.13. The van der Waals surface area contributed by atoms with Crippen LogP contribution in [0.5, 0.6) is 0 Å². The number of anilines is 1. The van der Waals surface area contributed by atoms with Gasteiger partial charge in [0.15, 0.2) is 0 Å². The molecule has 112 valence electrons. The number of para-hydroxylation sites is 1. The van der Waals surface area contributed by atoms with Crippen LogP contribution in [-0.4, -0.2) is 32.3 Å². The Kier molecular flexibility index (Phi) is 6.27. The summed E-state index contributed by atoms with van der Waals surface area (Å²) in [6.07, 6.45) is 5.73. The zero-order valence-corrected chi connectivity index (χ0v) is 12.1. The molecule has 1 aliphatic rings. The van der Waals surface area contributed by atoms with Gasteiger partial charge in [0.1, 0.15) is 5.82 Å². The summed E-state index contributed by atoms with van der Waals surface area (Å²) < 4.78 is 19.5. The van der Waals surface area contributed by atoms with Crippen LogP contribution in [0.2, 0.25) is 0 Å². The van der Waals surface area contributed by atoms with Crippen LogP contribution in [0, 0.1) is 5.82 Å². The molecule has 1 fully saturated rings. The second kappa shape index (κ2) is 8.22. The van der Waals surface area contributed by atoms with Gasteiger partial charge in [-0.15, -0.1) is 0 Å². The molecular weight excluding hydrogens is 255 g/mol. The van der Waals surface area contributed by atoms with Crippen LogP contribution in [0.25, 0.3) is 0 Å². The minimum absolute atomic E-state index is 0.151. The van der Waals surface area contributed by atoms with Crippen LogP contribution in [0.1, 0.15) is 32.1 Å². The molecule has 0 bridgehead atoms. The van der Waals surface area contributed by atoms with Crippen molar-refractivity contribution < 1.29 is 9.13 Å². The molecule has 1 atom stereocenters. The summed E-state index contributed by atoms with van der Waals surface area (Å²) in [7, 11) is 0. The topological polar surface area (TPSA) is 38.5 Å². The number of rotatable bonds is 8. The summed E-state index contributed by atoms with van der Waals surface area (Å²) in [4.78, 5) is 2.11. The number of benzene rings is 1. The summed E-state index contributed by atoms with van der Waals surface area (Å²) in [5, 5.41) is 0. The Labute approximate surface area is 120 Å². The molecule has 1 aromatic rings. The van der Waals surface area contributed by atoms with E-state index in [0.717, 1.165) is 39.0 Å². The first-order valence-electron chi connectivity index (χ1n) is 7.62. The lowest BCUT2D eigenvalue weighted by Gasteiger charge is -2.25. The summed E-state index contributed by atoms with van der Waals surface area (Å²) in [6.45, 7) is 3.20. The Morgan fingerprint density at radius 3 is 2.75 bits per heavy atom. The van der Waals surface area contributed by atoms with Gasteiger partial charge in [0.2, 0.25) is 0 Å². The van der Waals surface area contributed by atoms with Gasteiger partial charge in [-0.25, -0.2) is 4.39 Å². The summed E-state index contributed by atoms with van der Waals surface area (Å²) in [6, 6.07) is 6.98. The maximum Gasteiger partial charge on any atom is 0.146 e. The molecule has 1 aromatic carbocycles. The van der Waals surface area contributed by atoms with E-state index >= 15 is 0 Å². The fourth-order valence-electron chi connectivity index (χ4n) is 2.72. The lowest BCUT2D eigenvalue weighted by atomic mass is 10.1. The molecule has 0 amide bonds. The quantitative estimate of drug-likeness (QED) is 0.795. The van der Waals surface area contributed by atoms with E-state index in [1.807, 2.05) is 12.1 Å². The normalized spacial score (nSPS) is 18.4. The average molecular weight is 280 g/mol. The highest BCUT2D eigenvalue weighted by atomic mass is 19.1. The number of nitrogens with two attached hydrogens (primary N) is 1. The molecule has 1 saturated heterocycles. The van der Waals surface area contributed by atoms with Crippen molar-refractivity contribution in [3.63, 3.8) is 0 Å². The van der Waals surface area contributed by atoms with Crippen molar-refractivity contribution in [3.05, 3.63) is 30.1 Å². The van der Waals surface area contributed by atoms with Crippen LogP contribution in [0.15, 0.2) is 24.3 Å². The van der Waals surface area contributed by atoms with Crippen LogP contribution in [0.4, 0.5) is 10.1 Å². The molecular formula is C16H25FN2O. The zero-order valence-electron chi connectivity index (χ0n) is 12.1. The van der Waals surface area contributed by atoms with Gasteiger partial charge in [-0.2, -0.15) is 0 Å². The maximum absolute atomic E-state index is 13.9. The van der Waals surface area contributed by atoms with Crippen molar-refractivity contribution >= 4 is 5.69 Å². The smallest absolute Gasteiger partial charge is 0.146 e. The minimum atomic E-state index is -0.151. The van der Waals surface area contributed by atoms with Gasteiger partial charge in [0, 0.05) is 19.7 Å². The van der Waals surface area contributed by atoms with E-state index in [-0.39, 0.29) is 5.82 Å². The van der Waals surface area contributed by atoms with Crippen LogP contribution in [-0.2, 0) is 4.74 Å². The van der Waals surface area contributed by atoms with E-state index in [9.17, 15) is 4.39 Å². The van der Waals surface area contributed by atoms with Crippen molar-refractivity contribution in [1.82, 2.24) is 0 Å². The van der Waals surface area contributed by atoms with Crippen molar-refractivity contribution in [3.8, 4) is 0 Å². The van der Waals surface area contributed by atoms with E-state index in [0.29, 0.717) is 18.3 Å². The predicted octanol–water partition coefficient (Wildman–Crippen LogP) is 2.94. The second-order valence-electron chi connectivity index (χ2n) is 5.36. The van der Waals surface area contributed by atoms with E-state index in [1.54, 1.807) is 6.07 Å². The summed E-state index contributed by atoms with van der Waals surface area (Å²) in [5.74, 6) is -0.151. The number of hydrogen-bond donors (Lipinski definition) is 1. The van der Waals surface area contributed by atoms with Gasteiger partial charge in [-0.05, 0) is 50.8 Å². The third kappa shape index (κ3) is 4.46. The monoisotopic (exact) mass is 280 g/mol. The molecule has 0 radical (unpaired) electrons. The first-order chi connectivity index (χ1) is 9.81. The molecule has 0 aliphatic carbocycles. The Balaban J connectivity index is 1.87. The molecule has 20 heavy (non-hydrogen) atoms. The number of nitrogens with zero attached hydrogens (tertiary/aromatic N) is 1. The van der Waals surface area contributed by atoms with Gasteiger partial charge >= 0.3 is 0 Å². The van der Waals surface area contributed by atoms with E-state index in [1.165, 1.54) is 18.9 Å². The highest BCUT2D eigenvalue weighted by Crippen LogP contribution is 2.21. The van der Waals surface area contributed by atoms with Crippen LogP contribution < -0.4 is 10.6 Å². The van der Waals surface area contributed by atoms with Crippen LogP contribution in [0.3, 0.4) is 0 Å². The zero-order chi connectivity index (χ0) is 14.2. The van der Waals surface area contributed by atoms with E-state index < -0.39 is 0 Å². The third-order valence-corrected chi connectivity index (χ3v) is 3.80. The third-order valence-electron chi connectivity index (χ3n) is 3.80. The van der Waals surface area contributed by atoms with Gasteiger partial charge in [0.25, 0.3) is 0 Å². The molecule has 0 saturated carbocycles.